The van der Waals surface area contributed by atoms with Crippen molar-refractivity contribution in [3.05, 3.63) is 24.3 Å². The average molecular weight is 352 g/mol. The molecule has 7 nitrogen and oxygen atoms in total. The number of carbonyl (C=O) groups is 2. The molecule has 2 unspecified atom stereocenters. The van der Waals surface area contributed by atoms with Crippen molar-refractivity contribution < 1.29 is 23.1 Å². The SMILES string of the molecule is CC1(C)C(C(=O)O)C1C(=O)Nc1ccc(N2CCCS2(=O)=O)cc1. The van der Waals surface area contributed by atoms with Crippen LogP contribution in [0.3, 0.4) is 0 Å². The molecule has 1 aromatic rings. The number of sulfonamides is 1. The van der Waals surface area contributed by atoms with Crippen LogP contribution in [0.4, 0.5) is 11.4 Å². The van der Waals surface area contributed by atoms with Crippen molar-refractivity contribution >= 4 is 33.3 Å². The summed E-state index contributed by atoms with van der Waals surface area (Å²) in [4.78, 5) is 23.4. The quantitative estimate of drug-likeness (QED) is 0.855. The fraction of sp³-hybridized carbons (Fsp3) is 0.500. The molecule has 1 saturated heterocycles. The number of benzene rings is 1. The van der Waals surface area contributed by atoms with Gasteiger partial charge in [0.15, 0.2) is 0 Å². The smallest absolute Gasteiger partial charge is 0.307 e. The van der Waals surface area contributed by atoms with Crippen LogP contribution in [0.1, 0.15) is 20.3 Å². The first-order valence-corrected chi connectivity index (χ1v) is 9.39. The number of hydrogen-bond acceptors (Lipinski definition) is 4. The third-order valence-electron chi connectivity index (χ3n) is 4.90. The van der Waals surface area contributed by atoms with E-state index in [0.717, 1.165) is 0 Å². The van der Waals surface area contributed by atoms with Crippen LogP contribution in [-0.4, -0.2) is 37.7 Å². The summed E-state index contributed by atoms with van der Waals surface area (Å²) in [6.45, 7) is 3.99. The van der Waals surface area contributed by atoms with Crippen molar-refractivity contribution in [2.75, 3.05) is 21.9 Å². The molecule has 1 aliphatic carbocycles. The van der Waals surface area contributed by atoms with Crippen molar-refractivity contribution in [3.63, 3.8) is 0 Å². The first-order chi connectivity index (χ1) is 11.1. The predicted molar refractivity (Wildman–Crippen MR) is 89.2 cm³/mol. The van der Waals surface area contributed by atoms with E-state index >= 15 is 0 Å². The molecule has 1 saturated carbocycles. The minimum absolute atomic E-state index is 0.152. The van der Waals surface area contributed by atoms with E-state index in [9.17, 15) is 18.0 Å². The van der Waals surface area contributed by atoms with E-state index in [1.165, 1.54) is 4.31 Å². The highest BCUT2D eigenvalue weighted by atomic mass is 32.2. The molecule has 2 atom stereocenters. The van der Waals surface area contributed by atoms with E-state index in [1.807, 2.05) is 0 Å². The molecule has 0 spiro atoms. The van der Waals surface area contributed by atoms with Gasteiger partial charge in [0.05, 0.1) is 23.3 Å². The minimum Gasteiger partial charge on any atom is -0.481 e. The first-order valence-electron chi connectivity index (χ1n) is 7.79. The first kappa shape index (κ1) is 16.8. The van der Waals surface area contributed by atoms with Crippen molar-refractivity contribution in [2.24, 2.45) is 17.3 Å². The summed E-state index contributed by atoms with van der Waals surface area (Å²) in [5.41, 5.74) is 0.535. The van der Waals surface area contributed by atoms with Gasteiger partial charge in [-0.25, -0.2) is 8.42 Å². The standard InChI is InChI=1S/C16H20N2O5S/c1-16(2)12(13(16)15(20)21)14(19)17-10-4-6-11(7-5-10)18-8-3-9-24(18,22)23/h4-7,12-13H,3,8-9H2,1-2H3,(H,17,19)(H,20,21). The molecule has 0 aromatic heterocycles. The van der Waals surface area contributed by atoms with Crippen molar-refractivity contribution in [2.45, 2.75) is 20.3 Å². The van der Waals surface area contributed by atoms with Gasteiger partial charge in [-0.3, -0.25) is 13.9 Å². The Morgan fingerprint density at radius 1 is 1.21 bits per heavy atom. The maximum Gasteiger partial charge on any atom is 0.307 e. The summed E-state index contributed by atoms with van der Waals surface area (Å²) in [6.07, 6.45) is 0.605. The number of anilines is 2. The number of carbonyl (C=O) groups excluding carboxylic acids is 1. The lowest BCUT2D eigenvalue weighted by Crippen LogP contribution is -2.25. The Labute approximate surface area is 140 Å². The van der Waals surface area contributed by atoms with Gasteiger partial charge in [0.2, 0.25) is 15.9 Å². The van der Waals surface area contributed by atoms with Gasteiger partial charge in [0.25, 0.3) is 0 Å². The normalized spacial score (nSPS) is 26.8. The number of amides is 1. The number of aliphatic carboxylic acids is 1. The number of carboxylic acids is 1. The summed E-state index contributed by atoms with van der Waals surface area (Å²) in [5, 5.41) is 11.9. The predicted octanol–water partition coefficient (Wildman–Crippen LogP) is 1.52. The third kappa shape index (κ3) is 2.75. The Kier molecular flexibility index (Phi) is 3.82. The Morgan fingerprint density at radius 2 is 1.83 bits per heavy atom. The largest absolute Gasteiger partial charge is 0.481 e. The summed E-state index contributed by atoms with van der Waals surface area (Å²) in [5.74, 6) is -2.37. The third-order valence-corrected chi connectivity index (χ3v) is 6.77. The summed E-state index contributed by atoms with van der Waals surface area (Å²) < 4.78 is 25.2. The molecule has 2 fully saturated rings. The van der Waals surface area contributed by atoms with Crippen LogP contribution in [0.2, 0.25) is 0 Å². The second-order valence-corrected chi connectivity index (χ2v) is 8.91. The Hall–Kier alpha value is -2.09. The molecule has 3 rings (SSSR count). The van der Waals surface area contributed by atoms with E-state index < -0.39 is 33.2 Å². The second-order valence-electron chi connectivity index (χ2n) is 6.89. The molecular weight excluding hydrogens is 332 g/mol. The van der Waals surface area contributed by atoms with E-state index in [0.29, 0.717) is 24.3 Å². The highest BCUT2D eigenvalue weighted by Crippen LogP contribution is 2.58. The zero-order valence-electron chi connectivity index (χ0n) is 13.5. The maximum atomic E-state index is 12.3. The van der Waals surface area contributed by atoms with Gasteiger partial charge in [-0.1, -0.05) is 13.8 Å². The molecule has 24 heavy (non-hydrogen) atoms. The average Bonchev–Trinajstić information content (AvgIpc) is 2.90. The molecule has 1 aromatic carbocycles. The zero-order valence-corrected chi connectivity index (χ0v) is 14.3. The van der Waals surface area contributed by atoms with Crippen LogP contribution in [-0.2, 0) is 19.6 Å². The molecule has 1 heterocycles. The highest BCUT2D eigenvalue weighted by Gasteiger charge is 2.65. The molecule has 1 amide bonds. The van der Waals surface area contributed by atoms with E-state index in [2.05, 4.69) is 5.32 Å². The Bertz CT molecular complexity index is 785. The van der Waals surface area contributed by atoms with Gasteiger partial charge in [-0.2, -0.15) is 0 Å². The summed E-state index contributed by atoms with van der Waals surface area (Å²) in [7, 11) is -3.23. The highest BCUT2D eigenvalue weighted by molar-refractivity contribution is 7.93. The van der Waals surface area contributed by atoms with E-state index in [1.54, 1.807) is 38.1 Å². The summed E-state index contributed by atoms with van der Waals surface area (Å²) in [6, 6.07) is 6.55. The van der Waals surface area contributed by atoms with Crippen molar-refractivity contribution in [1.82, 2.24) is 0 Å². The van der Waals surface area contributed by atoms with Crippen LogP contribution in [0.15, 0.2) is 24.3 Å². The zero-order chi connectivity index (χ0) is 17.7. The van der Waals surface area contributed by atoms with E-state index in [-0.39, 0.29) is 11.7 Å². The van der Waals surface area contributed by atoms with Crippen LogP contribution < -0.4 is 9.62 Å². The monoisotopic (exact) mass is 352 g/mol. The number of carboxylic acid groups (broad SMARTS) is 1. The van der Waals surface area contributed by atoms with Crippen LogP contribution >= 0.6 is 0 Å². The number of nitrogens with one attached hydrogen (secondary N) is 1. The van der Waals surface area contributed by atoms with Gasteiger partial charge in [-0.05, 0) is 36.1 Å². The number of hydrogen-bond donors (Lipinski definition) is 2. The lowest BCUT2D eigenvalue weighted by atomic mass is 10.1. The van der Waals surface area contributed by atoms with Crippen molar-refractivity contribution in [3.8, 4) is 0 Å². The fourth-order valence-corrected chi connectivity index (χ4v) is 5.01. The molecule has 2 N–H and O–H groups in total. The second kappa shape index (κ2) is 5.47. The van der Waals surface area contributed by atoms with Gasteiger partial charge in [0.1, 0.15) is 0 Å². The van der Waals surface area contributed by atoms with E-state index in [4.69, 9.17) is 5.11 Å². The fourth-order valence-electron chi connectivity index (χ4n) is 3.45. The summed E-state index contributed by atoms with van der Waals surface area (Å²) >= 11 is 0. The number of rotatable bonds is 4. The molecular formula is C16H20N2O5S. The lowest BCUT2D eigenvalue weighted by Gasteiger charge is -2.17. The Morgan fingerprint density at radius 3 is 2.29 bits per heavy atom. The maximum absolute atomic E-state index is 12.3. The van der Waals surface area contributed by atoms with Crippen LogP contribution in [0.25, 0.3) is 0 Å². The van der Waals surface area contributed by atoms with Gasteiger partial charge in [0, 0.05) is 12.2 Å². The molecule has 130 valence electrons. The lowest BCUT2D eigenvalue weighted by molar-refractivity contribution is -0.140. The van der Waals surface area contributed by atoms with Gasteiger partial charge < -0.3 is 10.4 Å². The molecule has 8 heteroatoms. The van der Waals surface area contributed by atoms with Crippen molar-refractivity contribution in [1.29, 1.82) is 0 Å². The topological polar surface area (TPSA) is 104 Å². The van der Waals surface area contributed by atoms with Crippen LogP contribution in [0, 0.1) is 17.3 Å². The number of nitrogens with zero attached hydrogens (tertiary/aromatic N) is 1. The molecule has 0 bridgehead atoms. The van der Waals surface area contributed by atoms with Gasteiger partial charge >= 0.3 is 5.97 Å². The minimum atomic E-state index is -3.23. The molecule has 2 aliphatic rings. The van der Waals surface area contributed by atoms with Gasteiger partial charge in [-0.15, -0.1) is 0 Å². The molecule has 0 radical (unpaired) electrons. The van der Waals surface area contributed by atoms with Crippen LogP contribution in [0.5, 0.6) is 0 Å². The molecule has 1 aliphatic heterocycles. The Balaban J connectivity index is 1.69.